The molecule has 1 aromatic carbocycles. The summed E-state index contributed by atoms with van der Waals surface area (Å²) in [5.74, 6) is 2.59. The Morgan fingerprint density at radius 2 is 2.31 bits per heavy atom. The van der Waals surface area contributed by atoms with Crippen molar-refractivity contribution in [2.75, 3.05) is 11.9 Å². The minimum absolute atomic E-state index is 0.0358. The Labute approximate surface area is 95.2 Å². The summed E-state index contributed by atoms with van der Waals surface area (Å²) in [4.78, 5) is 11.4. The Morgan fingerprint density at radius 1 is 1.50 bits per heavy atom. The van der Waals surface area contributed by atoms with Gasteiger partial charge < -0.3 is 10.6 Å². The monoisotopic (exact) mass is 214 g/mol. The summed E-state index contributed by atoms with van der Waals surface area (Å²) in [5.41, 5.74) is 1.69. The van der Waals surface area contributed by atoms with Crippen molar-refractivity contribution in [1.29, 1.82) is 0 Å². The zero-order chi connectivity index (χ0) is 11.4. The smallest absolute Gasteiger partial charge is 0.239 e. The lowest BCUT2D eigenvalue weighted by Crippen LogP contribution is -2.31. The van der Waals surface area contributed by atoms with E-state index in [9.17, 15) is 4.79 Å². The summed E-state index contributed by atoms with van der Waals surface area (Å²) in [6.45, 7) is 0.296. The fraction of sp³-hybridized carbons (Fsp3) is 0.308. The van der Waals surface area contributed by atoms with E-state index in [1.807, 2.05) is 24.3 Å². The SMILES string of the molecule is C#Cc1cccc(NCC(=O)NC2CC2)c1. The van der Waals surface area contributed by atoms with Crippen molar-refractivity contribution in [2.24, 2.45) is 0 Å². The van der Waals surface area contributed by atoms with Gasteiger partial charge in [-0.1, -0.05) is 12.0 Å². The molecule has 1 aromatic rings. The van der Waals surface area contributed by atoms with E-state index >= 15 is 0 Å². The van der Waals surface area contributed by atoms with Crippen LogP contribution in [0, 0.1) is 12.3 Å². The van der Waals surface area contributed by atoms with Crippen LogP contribution in [0.5, 0.6) is 0 Å². The minimum atomic E-state index is 0.0358. The van der Waals surface area contributed by atoms with Crippen LogP contribution in [0.3, 0.4) is 0 Å². The summed E-state index contributed by atoms with van der Waals surface area (Å²) in [7, 11) is 0. The summed E-state index contributed by atoms with van der Waals surface area (Å²) in [6.07, 6.45) is 7.51. The molecule has 1 amide bonds. The molecule has 0 saturated heterocycles. The standard InChI is InChI=1S/C13H14N2O/c1-2-10-4-3-5-12(8-10)14-9-13(16)15-11-6-7-11/h1,3-5,8,11,14H,6-7,9H2,(H,15,16). The largest absolute Gasteiger partial charge is 0.376 e. The third-order valence-corrected chi connectivity index (χ3v) is 2.42. The van der Waals surface area contributed by atoms with Gasteiger partial charge in [0, 0.05) is 17.3 Å². The second-order valence-corrected chi connectivity index (χ2v) is 3.92. The molecule has 0 aliphatic heterocycles. The van der Waals surface area contributed by atoms with Crippen LogP contribution in [0.25, 0.3) is 0 Å². The fourth-order valence-corrected chi connectivity index (χ4v) is 1.41. The Hall–Kier alpha value is -1.95. The van der Waals surface area contributed by atoms with Crippen molar-refractivity contribution in [1.82, 2.24) is 5.32 Å². The van der Waals surface area contributed by atoms with Crippen LogP contribution in [0.1, 0.15) is 18.4 Å². The highest BCUT2D eigenvalue weighted by Crippen LogP contribution is 2.18. The van der Waals surface area contributed by atoms with Crippen LogP contribution in [-0.4, -0.2) is 18.5 Å². The Morgan fingerprint density at radius 3 is 3.00 bits per heavy atom. The maximum Gasteiger partial charge on any atom is 0.239 e. The van der Waals surface area contributed by atoms with E-state index in [1.54, 1.807) is 0 Å². The Balaban J connectivity index is 1.83. The Kier molecular flexibility index (Phi) is 3.11. The molecular formula is C13H14N2O. The summed E-state index contributed by atoms with van der Waals surface area (Å²) in [6, 6.07) is 7.88. The molecule has 1 aliphatic carbocycles. The Bertz CT molecular complexity index is 430. The third-order valence-electron chi connectivity index (χ3n) is 2.42. The molecule has 3 heteroatoms. The van der Waals surface area contributed by atoms with Gasteiger partial charge in [0.25, 0.3) is 0 Å². The van der Waals surface area contributed by atoms with Crippen LogP contribution < -0.4 is 10.6 Å². The van der Waals surface area contributed by atoms with Crippen molar-refractivity contribution in [3.63, 3.8) is 0 Å². The molecule has 1 saturated carbocycles. The molecule has 0 aromatic heterocycles. The molecule has 0 heterocycles. The number of terminal acetylenes is 1. The minimum Gasteiger partial charge on any atom is -0.376 e. The second-order valence-electron chi connectivity index (χ2n) is 3.92. The maximum absolute atomic E-state index is 11.4. The number of anilines is 1. The van der Waals surface area contributed by atoms with E-state index in [-0.39, 0.29) is 5.91 Å². The third kappa shape index (κ3) is 3.03. The van der Waals surface area contributed by atoms with Gasteiger partial charge in [-0.2, -0.15) is 0 Å². The number of carbonyl (C=O) groups is 1. The number of nitrogens with one attached hydrogen (secondary N) is 2. The van der Waals surface area contributed by atoms with Crippen molar-refractivity contribution in [3.8, 4) is 12.3 Å². The maximum atomic E-state index is 11.4. The lowest BCUT2D eigenvalue weighted by Gasteiger charge is -2.07. The molecule has 0 radical (unpaired) electrons. The second kappa shape index (κ2) is 4.71. The molecule has 3 nitrogen and oxygen atoms in total. The van der Waals surface area contributed by atoms with Gasteiger partial charge >= 0.3 is 0 Å². The van der Waals surface area contributed by atoms with E-state index in [0.29, 0.717) is 12.6 Å². The number of rotatable bonds is 4. The first-order chi connectivity index (χ1) is 7.78. The van der Waals surface area contributed by atoms with E-state index < -0.39 is 0 Å². The normalized spacial score (nSPS) is 13.9. The van der Waals surface area contributed by atoms with Gasteiger partial charge in [-0.15, -0.1) is 6.42 Å². The number of hydrogen-bond acceptors (Lipinski definition) is 2. The van der Waals surface area contributed by atoms with Crippen molar-refractivity contribution >= 4 is 11.6 Å². The molecule has 1 fully saturated rings. The first kappa shape index (κ1) is 10.6. The predicted molar refractivity (Wildman–Crippen MR) is 64.0 cm³/mol. The quantitative estimate of drug-likeness (QED) is 0.743. The summed E-state index contributed by atoms with van der Waals surface area (Å²) >= 11 is 0. The van der Waals surface area contributed by atoms with Gasteiger partial charge in [-0.3, -0.25) is 4.79 Å². The number of amides is 1. The zero-order valence-electron chi connectivity index (χ0n) is 8.99. The highest BCUT2D eigenvalue weighted by atomic mass is 16.2. The lowest BCUT2D eigenvalue weighted by molar-refractivity contribution is -0.119. The average molecular weight is 214 g/mol. The lowest BCUT2D eigenvalue weighted by atomic mass is 10.2. The molecule has 16 heavy (non-hydrogen) atoms. The summed E-state index contributed by atoms with van der Waals surface area (Å²) in [5, 5.41) is 5.96. The highest BCUT2D eigenvalue weighted by molar-refractivity contribution is 5.81. The molecule has 0 atom stereocenters. The van der Waals surface area contributed by atoms with Crippen molar-refractivity contribution in [2.45, 2.75) is 18.9 Å². The first-order valence-electron chi connectivity index (χ1n) is 5.38. The van der Waals surface area contributed by atoms with Gasteiger partial charge in [0.2, 0.25) is 5.91 Å². The van der Waals surface area contributed by atoms with Crippen LogP contribution in [0.15, 0.2) is 24.3 Å². The molecule has 82 valence electrons. The predicted octanol–water partition coefficient (Wildman–Crippen LogP) is 1.36. The van der Waals surface area contributed by atoms with E-state index in [4.69, 9.17) is 6.42 Å². The molecular weight excluding hydrogens is 200 g/mol. The molecule has 0 spiro atoms. The molecule has 2 N–H and O–H groups in total. The van der Waals surface area contributed by atoms with Crippen molar-refractivity contribution < 1.29 is 4.79 Å². The van der Waals surface area contributed by atoms with E-state index in [0.717, 1.165) is 24.1 Å². The summed E-state index contributed by atoms with van der Waals surface area (Å²) < 4.78 is 0. The molecule has 2 rings (SSSR count). The van der Waals surface area contributed by atoms with Gasteiger partial charge in [-0.05, 0) is 31.0 Å². The van der Waals surface area contributed by atoms with Crippen LogP contribution in [-0.2, 0) is 4.79 Å². The van der Waals surface area contributed by atoms with Gasteiger partial charge in [0.15, 0.2) is 0 Å². The van der Waals surface area contributed by atoms with Crippen LogP contribution in [0.2, 0.25) is 0 Å². The van der Waals surface area contributed by atoms with Crippen LogP contribution >= 0.6 is 0 Å². The first-order valence-corrected chi connectivity index (χ1v) is 5.38. The topological polar surface area (TPSA) is 41.1 Å². The molecule has 0 unspecified atom stereocenters. The average Bonchev–Trinajstić information content (AvgIpc) is 3.10. The number of carbonyl (C=O) groups excluding carboxylic acids is 1. The van der Waals surface area contributed by atoms with Gasteiger partial charge in [0.1, 0.15) is 0 Å². The van der Waals surface area contributed by atoms with Crippen LogP contribution in [0.4, 0.5) is 5.69 Å². The number of benzene rings is 1. The highest BCUT2D eigenvalue weighted by Gasteiger charge is 2.22. The van der Waals surface area contributed by atoms with Gasteiger partial charge in [0.05, 0.1) is 6.54 Å². The van der Waals surface area contributed by atoms with E-state index in [1.165, 1.54) is 0 Å². The van der Waals surface area contributed by atoms with Crippen molar-refractivity contribution in [3.05, 3.63) is 29.8 Å². The fourth-order valence-electron chi connectivity index (χ4n) is 1.41. The van der Waals surface area contributed by atoms with E-state index in [2.05, 4.69) is 16.6 Å². The molecule has 1 aliphatic rings. The number of hydrogen-bond donors (Lipinski definition) is 2. The van der Waals surface area contributed by atoms with Gasteiger partial charge in [-0.25, -0.2) is 0 Å². The zero-order valence-corrected chi connectivity index (χ0v) is 8.99. The molecule has 0 bridgehead atoms.